The molecule has 4 rings (SSSR count). The monoisotopic (exact) mass is 474 g/mol. The van der Waals surface area contributed by atoms with Crippen molar-refractivity contribution in [3.8, 4) is 0 Å². The molecule has 3 aromatic carbocycles. The number of anilines is 2. The van der Waals surface area contributed by atoms with Gasteiger partial charge in [0, 0.05) is 20.0 Å². The lowest BCUT2D eigenvalue weighted by Crippen LogP contribution is -2.43. The molecule has 0 fully saturated rings. The lowest BCUT2D eigenvalue weighted by atomic mass is 10.0. The van der Waals surface area contributed by atoms with Gasteiger partial charge in [-0.25, -0.2) is 0 Å². The average Bonchev–Trinajstić information content (AvgIpc) is 2.62. The molecule has 0 radical (unpaired) electrons. The van der Waals surface area contributed by atoms with Crippen molar-refractivity contribution < 1.29 is 4.79 Å². The van der Waals surface area contributed by atoms with Crippen LogP contribution >= 0.6 is 34.2 Å². The molecule has 5 heteroatoms. The number of benzene rings is 3. The molecule has 3 aromatic rings. The first kappa shape index (κ1) is 17.4. The van der Waals surface area contributed by atoms with Crippen LogP contribution in [0.2, 0.25) is 5.02 Å². The standard InChI is InChI=1S/C21H16ClIN2O/c1-13-4-2-7-17(10-13)25-20(14-5-3-6-15(22)11-14)24-19-9-8-16(23)12-18(19)21(25)26/h2-12,20,24H,1H3/t20-/m0/s1. The Hall–Kier alpha value is -2.05. The molecular formula is C21H16ClIN2O. The van der Waals surface area contributed by atoms with Crippen LogP contribution < -0.4 is 10.2 Å². The highest BCUT2D eigenvalue weighted by atomic mass is 127. The van der Waals surface area contributed by atoms with Crippen LogP contribution in [0.4, 0.5) is 11.4 Å². The number of hydrogen-bond donors (Lipinski definition) is 1. The van der Waals surface area contributed by atoms with Crippen LogP contribution in [0, 0.1) is 10.5 Å². The molecule has 1 atom stereocenters. The first-order chi connectivity index (χ1) is 12.5. The molecule has 1 amide bonds. The van der Waals surface area contributed by atoms with Crippen molar-refractivity contribution in [1.82, 2.24) is 0 Å². The van der Waals surface area contributed by atoms with E-state index in [9.17, 15) is 4.79 Å². The van der Waals surface area contributed by atoms with Gasteiger partial charge in [-0.15, -0.1) is 0 Å². The van der Waals surface area contributed by atoms with Gasteiger partial charge in [0.1, 0.15) is 6.17 Å². The van der Waals surface area contributed by atoms with Gasteiger partial charge < -0.3 is 5.32 Å². The first-order valence-electron chi connectivity index (χ1n) is 8.25. The first-order valence-corrected chi connectivity index (χ1v) is 9.70. The fourth-order valence-corrected chi connectivity index (χ4v) is 3.92. The highest BCUT2D eigenvalue weighted by molar-refractivity contribution is 14.1. The third-order valence-electron chi connectivity index (χ3n) is 4.43. The van der Waals surface area contributed by atoms with E-state index < -0.39 is 0 Å². The Morgan fingerprint density at radius 1 is 1.04 bits per heavy atom. The number of nitrogens with one attached hydrogen (secondary N) is 1. The van der Waals surface area contributed by atoms with Crippen LogP contribution in [0.25, 0.3) is 0 Å². The lowest BCUT2D eigenvalue weighted by Gasteiger charge is -2.38. The van der Waals surface area contributed by atoms with Crippen LogP contribution in [0.3, 0.4) is 0 Å². The van der Waals surface area contributed by atoms with E-state index in [0.29, 0.717) is 10.6 Å². The molecule has 0 spiro atoms. The minimum absolute atomic E-state index is 0.0205. The number of fused-ring (bicyclic) bond motifs is 1. The topological polar surface area (TPSA) is 32.3 Å². The minimum atomic E-state index is -0.324. The number of halogens is 2. The maximum atomic E-state index is 13.4. The Balaban J connectivity index is 1.89. The average molecular weight is 475 g/mol. The van der Waals surface area contributed by atoms with Gasteiger partial charge in [0.15, 0.2) is 0 Å². The van der Waals surface area contributed by atoms with Crippen molar-refractivity contribution in [1.29, 1.82) is 0 Å². The molecule has 0 bridgehead atoms. The summed E-state index contributed by atoms with van der Waals surface area (Å²) in [5.74, 6) is -0.0205. The maximum absolute atomic E-state index is 13.4. The summed E-state index contributed by atoms with van der Waals surface area (Å²) >= 11 is 8.44. The summed E-state index contributed by atoms with van der Waals surface area (Å²) in [6.07, 6.45) is -0.324. The fourth-order valence-electron chi connectivity index (χ4n) is 3.23. The third-order valence-corrected chi connectivity index (χ3v) is 5.33. The molecule has 0 aliphatic carbocycles. The molecule has 3 nitrogen and oxygen atoms in total. The maximum Gasteiger partial charge on any atom is 0.262 e. The van der Waals surface area contributed by atoms with Crippen molar-refractivity contribution >= 4 is 51.5 Å². The molecule has 1 aliphatic heterocycles. The third kappa shape index (κ3) is 3.19. The normalized spacial score (nSPS) is 16.2. The summed E-state index contributed by atoms with van der Waals surface area (Å²) in [6, 6.07) is 21.5. The summed E-state index contributed by atoms with van der Waals surface area (Å²) in [6.45, 7) is 2.02. The van der Waals surface area contributed by atoms with Gasteiger partial charge in [-0.05, 0) is 83.1 Å². The molecule has 26 heavy (non-hydrogen) atoms. The molecule has 130 valence electrons. The van der Waals surface area contributed by atoms with E-state index in [4.69, 9.17) is 11.6 Å². The zero-order valence-electron chi connectivity index (χ0n) is 14.0. The van der Waals surface area contributed by atoms with Crippen LogP contribution in [0.1, 0.15) is 27.7 Å². The number of rotatable bonds is 2. The van der Waals surface area contributed by atoms with Gasteiger partial charge in [-0.3, -0.25) is 9.69 Å². The Bertz CT molecular complexity index is 1000. The lowest BCUT2D eigenvalue weighted by molar-refractivity contribution is 0.0975. The van der Waals surface area contributed by atoms with Gasteiger partial charge >= 0.3 is 0 Å². The van der Waals surface area contributed by atoms with Gasteiger partial charge in [0.05, 0.1) is 5.56 Å². The van der Waals surface area contributed by atoms with Crippen molar-refractivity contribution in [2.24, 2.45) is 0 Å². The van der Waals surface area contributed by atoms with Gasteiger partial charge in [0.2, 0.25) is 0 Å². The summed E-state index contributed by atoms with van der Waals surface area (Å²) in [4.78, 5) is 15.2. The number of carbonyl (C=O) groups is 1. The molecule has 1 aliphatic rings. The largest absolute Gasteiger partial charge is 0.360 e. The molecule has 1 heterocycles. The molecule has 1 N–H and O–H groups in total. The molecule has 0 saturated heterocycles. The van der Waals surface area contributed by atoms with Crippen LogP contribution in [0.5, 0.6) is 0 Å². The SMILES string of the molecule is Cc1cccc(N2C(=O)c3cc(I)ccc3N[C@@H]2c2cccc(Cl)c2)c1. The van der Waals surface area contributed by atoms with Gasteiger partial charge in [-0.2, -0.15) is 0 Å². The van der Waals surface area contributed by atoms with E-state index in [1.54, 1.807) is 4.90 Å². The highest BCUT2D eigenvalue weighted by Crippen LogP contribution is 2.37. The second kappa shape index (κ2) is 6.93. The van der Waals surface area contributed by atoms with E-state index in [1.807, 2.05) is 73.7 Å². The van der Waals surface area contributed by atoms with E-state index >= 15 is 0 Å². The van der Waals surface area contributed by atoms with E-state index in [1.165, 1.54) is 0 Å². The van der Waals surface area contributed by atoms with E-state index in [0.717, 1.165) is 26.1 Å². The number of hydrogen-bond acceptors (Lipinski definition) is 2. The minimum Gasteiger partial charge on any atom is -0.360 e. The van der Waals surface area contributed by atoms with E-state index in [-0.39, 0.29) is 12.1 Å². The Morgan fingerprint density at radius 2 is 1.85 bits per heavy atom. The summed E-state index contributed by atoms with van der Waals surface area (Å²) in [5, 5.41) is 4.16. The summed E-state index contributed by atoms with van der Waals surface area (Å²) in [5.41, 5.74) is 4.42. The number of carbonyl (C=O) groups excluding carboxylic acids is 1. The van der Waals surface area contributed by atoms with Crippen LogP contribution in [-0.4, -0.2) is 5.91 Å². The quantitative estimate of drug-likeness (QED) is 0.460. The summed E-state index contributed by atoms with van der Waals surface area (Å²) in [7, 11) is 0. The Labute approximate surface area is 171 Å². The van der Waals surface area contributed by atoms with Gasteiger partial charge in [0.25, 0.3) is 5.91 Å². The summed E-state index contributed by atoms with van der Waals surface area (Å²) < 4.78 is 1.03. The number of aryl methyl sites for hydroxylation is 1. The van der Waals surface area contributed by atoms with Crippen LogP contribution in [-0.2, 0) is 0 Å². The van der Waals surface area contributed by atoms with Crippen molar-refractivity contribution in [3.63, 3.8) is 0 Å². The highest BCUT2D eigenvalue weighted by Gasteiger charge is 2.34. The predicted octanol–water partition coefficient (Wildman–Crippen LogP) is 6.02. The Morgan fingerprint density at radius 3 is 2.62 bits per heavy atom. The van der Waals surface area contributed by atoms with Gasteiger partial charge in [-0.1, -0.05) is 35.9 Å². The van der Waals surface area contributed by atoms with E-state index in [2.05, 4.69) is 27.9 Å². The number of nitrogens with zero attached hydrogens (tertiary/aromatic N) is 1. The molecular weight excluding hydrogens is 459 g/mol. The second-order valence-electron chi connectivity index (χ2n) is 6.31. The fraction of sp³-hybridized carbons (Fsp3) is 0.0952. The van der Waals surface area contributed by atoms with Crippen molar-refractivity contribution in [2.75, 3.05) is 10.2 Å². The zero-order chi connectivity index (χ0) is 18.3. The zero-order valence-corrected chi connectivity index (χ0v) is 17.0. The molecule has 0 unspecified atom stereocenters. The molecule has 0 saturated carbocycles. The van der Waals surface area contributed by atoms with Crippen LogP contribution in [0.15, 0.2) is 66.7 Å². The number of amides is 1. The smallest absolute Gasteiger partial charge is 0.262 e. The molecule has 0 aromatic heterocycles. The van der Waals surface area contributed by atoms with Crippen molar-refractivity contribution in [3.05, 3.63) is 92.0 Å². The second-order valence-corrected chi connectivity index (χ2v) is 7.99. The Kier molecular flexibility index (Phi) is 4.63. The predicted molar refractivity (Wildman–Crippen MR) is 115 cm³/mol. The van der Waals surface area contributed by atoms with Crippen molar-refractivity contribution in [2.45, 2.75) is 13.1 Å².